The van der Waals surface area contributed by atoms with Gasteiger partial charge in [0.2, 0.25) is 0 Å². The molecule has 26 heavy (non-hydrogen) atoms. The predicted octanol–water partition coefficient (Wildman–Crippen LogP) is 6.86. The van der Waals surface area contributed by atoms with Crippen molar-refractivity contribution in [2.75, 3.05) is 0 Å². The third-order valence-electron chi connectivity index (χ3n) is 5.72. The van der Waals surface area contributed by atoms with Crippen LogP contribution < -0.4 is 0 Å². The number of aromatic nitrogens is 1. The van der Waals surface area contributed by atoms with Crippen LogP contribution in [0.4, 0.5) is 0 Å². The van der Waals surface area contributed by atoms with E-state index in [1.165, 1.54) is 33.2 Å². The monoisotopic (exact) mass is 339 g/mol. The quantitative estimate of drug-likeness (QED) is 0.475. The van der Waals surface area contributed by atoms with Crippen molar-refractivity contribution in [3.8, 4) is 11.1 Å². The molecule has 0 bridgehead atoms. The molecule has 1 nitrogen and oxygen atoms in total. The zero-order chi connectivity index (χ0) is 18.6. The van der Waals surface area contributed by atoms with Crippen molar-refractivity contribution >= 4 is 16.5 Å². The fourth-order valence-corrected chi connectivity index (χ4v) is 4.26. The molecule has 0 amide bonds. The predicted molar refractivity (Wildman–Crippen MR) is 113 cm³/mol. The number of allylic oxidation sites excluding steroid dienone is 2. The average molecular weight is 339 g/mol. The summed E-state index contributed by atoms with van der Waals surface area (Å²) >= 11 is 0. The van der Waals surface area contributed by atoms with Crippen LogP contribution in [0.25, 0.3) is 27.6 Å². The number of para-hydroxylation sites is 1. The van der Waals surface area contributed by atoms with Gasteiger partial charge in [-0.3, -0.25) is 0 Å². The molecule has 3 aromatic rings. The Morgan fingerprint density at radius 1 is 1.12 bits per heavy atom. The van der Waals surface area contributed by atoms with Gasteiger partial charge in [0.25, 0.3) is 0 Å². The Bertz CT molecular complexity index is 1070. The van der Waals surface area contributed by atoms with E-state index < -0.39 is 0 Å². The fourth-order valence-electron chi connectivity index (χ4n) is 4.26. The Labute approximate surface area is 156 Å². The first-order valence-corrected chi connectivity index (χ1v) is 9.26. The number of benzene rings is 2. The molecule has 1 aromatic heterocycles. The van der Waals surface area contributed by atoms with Gasteiger partial charge in [-0.2, -0.15) is 0 Å². The van der Waals surface area contributed by atoms with Crippen molar-refractivity contribution in [1.82, 2.24) is 4.98 Å². The van der Waals surface area contributed by atoms with Gasteiger partial charge in [0.05, 0.1) is 11.2 Å². The molecule has 0 saturated carbocycles. The topological polar surface area (TPSA) is 12.9 Å². The summed E-state index contributed by atoms with van der Waals surface area (Å²) in [7, 11) is 0. The van der Waals surface area contributed by atoms with Crippen molar-refractivity contribution in [3.63, 3.8) is 0 Å². The van der Waals surface area contributed by atoms with Crippen LogP contribution in [-0.2, 0) is 5.41 Å². The zero-order valence-corrected chi connectivity index (χ0v) is 16.1. The van der Waals surface area contributed by atoms with E-state index in [1.54, 1.807) is 0 Å². The van der Waals surface area contributed by atoms with Crippen molar-refractivity contribution in [2.45, 2.75) is 39.0 Å². The highest BCUT2D eigenvalue weighted by atomic mass is 14.7. The van der Waals surface area contributed by atoms with E-state index in [1.807, 2.05) is 12.1 Å². The average Bonchev–Trinajstić information content (AvgIpc) is 2.88. The van der Waals surface area contributed by atoms with Crippen LogP contribution in [0.1, 0.15) is 56.0 Å². The van der Waals surface area contributed by atoms with Crippen LogP contribution in [0.2, 0.25) is 0 Å². The minimum Gasteiger partial charge on any atom is -0.247 e. The van der Waals surface area contributed by atoms with Crippen molar-refractivity contribution in [2.24, 2.45) is 0 Å². The van der Waals surface area contributed by atoms with Crippen LogP contribution in [-0.4, -0.2) is 4.98 Å². The highest BCUT2D eigenvalue weighted by molar-refractivity contribution is 6.00. The molecule has 0 fully saturated rings. The second kappa shape index (κ2) is 5.67. The Morgan fingerprint density at radius 3 is 2.54 bits per heavy atom. The van der Waals surface area contributed by atoms with E-state index in [0.29, 0.717) is 5.92 Å². The second-order valence-electron chi connectivity index (χ2n) is 8.04. The minimum absolute atomic E-state index is 0.0705. The van der Waals surface area contributed by atoms with Gasteiger partial charge in [0.15, 0.2) is 0 Å². The summed E-state index contributed by atoms with van der Waals surface area (Å²) in [6.45, 7) is 17.3. The van der Waals surface area contributed by atoms with E-state index in [0.717, 1.165) is 16.8 Å². The van der Waals surface area contributed by atoms with Crippen LogP contribution in [0.15, 0.2) is 61.7 Å². The van der Waals surface area contributed by atoms with Gasteiger partial charge < -0.3 is 0 Å². The first-order chi connectivity index (χ1) is 12.4. The molecule has 1 heterocycles. The lowest BCUT2D eigenvalue weighted by molar-refractivity contribution is 0.665. The summed E-state index contributed by atoms with van der Waals surface area (Å²) in [6.07, 6.45) is 1.81. The number of fused-ring (bicyclic) bond motifs is 5. The van der Waals surface area contributed by atoms with E-state index in [4.69, 9.17) is 4.98 Å². The number of nitrogens with zero attached hydrogens (tertiary/aromatic N) is 1. The summed E-state index contributed by atoms with van der Waals surface area (Å²) in [5, 5.41) is 1.23. The van der Waals surface area contributed by atoms with Crippen molar-refractivity contribution < 1.29 is 0 Å². The Kier molecular flexibility index (Phi) is 3.66. The van der Waals surface area contributed by atoms with Crippen LogP contribution >= 0.6 is 0 Å². The standard InChI is InChI=1S/C25H25N/c1-7-16(4)24-22-19-14-17(15(2)3)12-13-20(19)25(5,6)23(22)18-10-8-9-11-21(18)26-24/h7-15H,1,4H2,2-3,5-6H3. The maximum Gasteiger partial charge on any atom is 0.0785 e. The lowest BCUT2D eigenvalue weighted by atomic mass is 9.80. The molecule has 0 spiro atoms. The van der Waals surface area contributed by atoms with Crippen molar-refractivity contribution in [1.29, 1.82) is 0 Å². The number of hydrogen-bond acceptors (Lipinski definition) is 1. The van der Waals surface area contributed by atoms with Crippen LogP contribution in [0.5, 0.6) is 0 Å². The number of rotatable bonds is 3. The molecule has 4 rings (SSSR count). The summed E-state index contributed by atoms with van der Waals surface area (Å²) in [6, 6.07) is 15.4. The number of hydrogen-bond donors (Lipinski definition) is 0. The molecule has 0 N–H and O–H groups in total. The summed E-state index contributed by atoms with van der Waals surface area (Å²) in [4.78, 5) is 4.99. The van der Waals surface area contributed by atoms with E-state index in [9.17, 15) is 0 Å². The molecule has 0 aliphatic heterocycles. The fraction of sp³-hybridized carbons (Fsp3) is 0.240. The maximum atomic E-state index is 4.99. The molecule has 130 valence electrons. The Balaban J connectivity index is 2.19. The molecular weight excluding hydrogens is 314 g/mol. The molecule has 1 heteroatoms. The largest absolute Gasteiger partial charge is 0.247 e. The molecule has 1 aliphatic carbocycles. The van der Waals surface area contributed by atoms with E-state index >= 15 is 0 Å². The summed E-state index contributed by atoms with van der Waals surface area (Å²) in [5.41, 5.74) is 9.41. The molecule has 0 radical (unpaired) electrons. The minimum atomic E-state index is -0.0705. The van der Waals surface area contributed by atoms with Gasteiger partial charge >= 0.3 is 0 Å². The lowest BCUT2D eigenvalue weighted by Crippen LogP contribution is -2.16. The number of pyridine rings is 1. The maximum absolute atomic E-state index is 4.99. The zero-order valence-electron chi connectivity index (χ0n) is 16.1. The molecule has 0 atom stereocenters. The second-order valence-corrected chi connectivity index (χ2v) is 8.04. The summed E-state index contributed by atoms with van der Waals surface area (Å²) < 4.78 is 0. The lowest BCUT2D eigenvalue weighted by Gasteiger charge is -2.23. The highest BCUT2D eigenvalue weighted by Crippen LogP contribution is 2.53. The first kappa shape index (κ1) is 16.8. The normalized spacial score (nSPS) is 14.3. The highest BCUT2D eigenvalue weighted by Gasteiger charge is 2.39. The van der Waals surface area contributed by atoms with Crippen LogP contribution in [0, 0.1) is 0 Å². The van der Waals surface area contributed by atoms with Crippen LogP contribution in [0.3, 0.4) is 0 Å². The van der Waals surface area contributed by atoms with E-state index in [-0.39, 0.29) is 5.41 Å². The SMILES string of the molecule is C=CC(=C)c1nc2ccccc2c2c1-c1cc(C(C)C)ccc1C2(C)C. The Hall–Kier alpha value is -2.67. The first-order valence-electron chi connectivity index (χ1n) is 9.26. The van der Waals surface area contributed by atoms with Gasteiger partial charge in [0, 0.05) is 16.4 Å². The smallest absolute Gasteiger partial charge is 0.0785 e. The Morgan fingerprint density at radius 2 is 1.85 bits per heavy atom. The van der Waals surface area contributed by atoms with Gasteiger partial charge in [0.1, 0.15) is 0 Å². The molecule has 0 saturated heterocycles. The van der Waals surface area contributed by atoms with Gasteiger partial charge in [-0.25, -0.2) is 4.98 Å². The van der Waals surface area contributed by atoms with Gasteiger partial charge in [-0.15, -0.1) is 0 Å². The molecular formula is C25H25N. The molecule has 1 aliphatic rings. The third kappa shape index (κ3) is 2.20. The summed E-state index contributed by atoms with van der Waals surface area (Å²) in [5.74, 6) is 0.493. The van der Waals surface area contributed by atoms with E-state index in [2.05, 4.69) is 77.3 Å². The van der Waals surface area contributed by atoms with Gasteiger partial charge in [-0.1, -0.05) is 83.3 Å². The van der Waals surface area contributed by atoms with Crippen molar-refractivity contribution in [3.05, 3.63) is 84.1 Å². The molecule has 2 aromatic carbocycles. The third-order valence-corrected chi connectivity index (χ3v) is 5.72. The molecule has 0 unspecified atom stereocenters. The van der Waals surface area contributed by atoms with Gasteiger partial charge in [-0.05, 0) is 39.8 Å².